The van der Waals surface area contributed by atoms with Gasteiger partial charge in [0.1, 0.15) is 11.3 Å². The zero-order valence-corrected chi connectivity index (χ0v) is 25.1. The maximum absolute atomic E-state index is 13.8. The minimum atomic E-state index is -0.652. The average molecular weight is 595 g/mol. The molecular weight excluding hydrogens is 558 g/mol. The van der Waals surface area contributed by atoms with E-state index in [1.807, 2.05) is 76.4 Å². The molecule has 8 heteroatoms. The molecule has 0 bridgehead atoms. The molecule has 1 aliphatic carbocycles. The first-order chi connectivity index (χ1) is 18.2. The second-order valence-corrected chi connectivity index (χ2v) is 13.8. The van der Waals surface area contributed by atoms with Crippen molar-refractivity contribution >= 4 is 44.7 Å². The zero-order chi connectivity index (χ0) is 28.3. The van der Waals surface area contributed by atoms with Crippen LogP contribution in [-0.4, -0.2) is 45.1 Å². The van der Waals surface area contributed by atoms with Gasteiger partial charge in [0.2, 0.25) is 5.91 Å². The van der Waals surface area contributed by atoms with Gasteiger partial charge in [0.25, 0.3) is 5.91 Å². The highest BCUT2D eigenvalue weighted by Crippen LogP contribution is 2.40. The molecule has 0 saturated heterocycles. The zero-order valence-electron chi connectivity index (χ0n) is 23.5. The largest absolute Gasteiger partial charge is 0.444 e. The number of fused-ring (bicyclic) bond motifs is 3. The third-order valence-corrected chi connectivity index (χ3v) is 7.80. The van der Waals surface area contributed by atoms with Gasteiger partial charge in [0.15, 0.2) is 0 Å². The lowest BCUT2D eigenvalue weighted by atomic mass is 9.92. The SMILES string of the molecule is CC(C)(C)OC(=O)NC1(Cc2ccc(-n3c4c(c5cc(Br)ccc53)CCN(C(=O)C(C)(C)C)C4=O)cc2)CC1. The van der Waals surface area contributed by atoms with Crippen LogP contribution >= 0.6 is 15.9 Å². The van der Waals surface area contributed by atoms with Crippen molar-refractivity contribution < 1.29 is 19.1 Å². The van der Waals surface area contributed by atoms with Crippen molar-refractivity contribution in [2.45, 2.75) is 78.4 Å². The number of nitrogens with one attached hydrogen (secondary N) is 1. The summed E-state index contributed by atoms with van der Waals surface area (Å²) in [6, 6.07) is 14.2. The van der Waals surface area contributed by atoms with Gasteiger partial charge in [-0.25, -0.2) is 4.79 Å². The standard InChI is InChI=1S/C31H36BrN3O4/c1-29(2,3)27(37)34-16-13-22-23-17-20(32)9-12-24(23)35(25(22)26(34)36)21-10-7-19(8-11-21)18-31(14-15-31)33-28(38)39-30(4,5)6/h7-12,17H,13-16,18H2,1-6H3,(H,33,38). The molecule has 2 aromatic carbocycles. The Morgan fingerprint density at radius 3 is 2.28 bits per heavy atom. The molecule has 1 fully saturated rings. The molecule has 0 atom stereocenters. The number of rotatable bonds is 4. The van der Waals surface area contributed by atoms with Crippen LogP contribution < -0.4 is 5.32 Å². The molecule has 39 heavy (non-hydrogen) atoms. The van der Waals surface area contributed by atoms with E-state index in [9.17, 15) is 14.4 Å². The maximum Gasteiger partial charge on any atom is 0.408 e. The Kier molecular flexibility index (Phi) is 6.69. The molecule has 2 aliphatic rings. The number of hydrogen-bond acceptors (Lipinski definition) is 4. The Labute approximate surface area is 238 Å². The minimum Gasteiger partial charge on any atom is -0.444 e. The van der Waals surface area contributed by atoms with Crippen LogP contribution in [0.4, 0.5) is 4.79 Å². The number of hydrogen-bond donors (Lipinski definition) is 1. The molecule has 206 valence electrons. The van der Waals surface area contributed by atoms with Crippen molar-refractivity contribution in [3.63, 3.8) is 0 Å². The lowest BCUT2D eigenvalue weighted by Gasteiger charge is -2.31. The monoisotopic (exact) mass is 593 g/mol. The molecule has 1 N–H and O–H groups in total. The lowest BCUT2D eigenvalue weighted by Crippen LogP contribution is -2.47. The van der Waals surface area contributed by atoms with Crippen molar-refractivity contribution in [1.29, 1.82) is 0 Å². The summed E-state index contributed by atoms with van der Waals surface area (Å²) in [6.07, 6.45) is 2.74. The van der Waals surface area contributed by atoms with Crippen LogP contribution in [0.5, 0.6) is 0 Å². The third-order valence-electron chi connectivity index (χ3n) is 7.31. The number of ether oxygens (including phenoxy) is 1. The first kappa shape index (κ1) is 27.4. The fourth-order valence-electron chi connectivity index (χ4n) is 5.30. The van der Waals surface area contributed by atoms with Crippen molar-refractivity contribution in [3.8, 4) is 5.69 Å². The van der Waals surface area contributed by atoms with Crippen LogP contribution in [0, 0.1) is 5.41 Å². The van der Waals surface area contributed by atoms with E-state index in [1.54, 1.807) is 0 Å². The lowest BCUT2D eigenvalue weighted by molar-refractivity contribution is -0.136. The number of halogens is 1. The Hall–Kier alpha value is -3.13. The van der Waals surface area contributed by atoms with Crippen molar-refractivity contribution in [3.05, 3.63) is 63.8 Å². The normalized spacial score (nSPS) is 16.7. The highest BCUT2D eigenvalue weighted by molar-refractivity contribution is 9.10. The minimum absolute atomic E-state index is 0.168. The molecular formula is C31H36BrN3O4. The number of aromatic nitrogens is 1. The molecule has 1 aromatic heterocycles. The molecule has 2 heterocycles. The Morgan fingerprint density at radius 1 is 1.03 bits per heavy atom. The predicted octanol–water partition coefficient (Wildman–Crippen LogP) is 6.56. The molecule has 1 saturated carbocycles. The fraction of sp³-hybridized carbons (Fsp3) is 0.452. The van der Waals surface area contributed by atoms with E-state index < -0.39 is 11.0 Å². The van der Waals surface area contributed by atoms with E-state index in [0.717, 1.165) is 45.0 Å². The number of carbonyl (C=O) groups is 3. The topological polar surface area (TPSA) is 80.6 Å². The number of carbonyl (C=O) groups excluding carboxylic acids is 3. The summed E-state index contributed by atoms with van der Waals surface area (Å²) in [7, 11) is 0. The Morgan fingerprint density at radius 2 is 1.69 bits per heavy atom. The molecule has 0 spiro atoms. The highest BCUT2D eigenvalue weighted by Gasteiger charge is 2.45. The van der Waals surface area contributed by atoms with E-state index in [4.69, 9.17) is 4.74 Å². The maximum atomic E-state index is 13.8. The Bertz CT molecular complexity index is 1470. The summed E-state index contributed by atoms with van der Waals surface area (Å²) in [5.74, 6) is -0.426. The Balaban J connectivity index is 1.47. The molecule has 3 amide bonds. The number of alkyl carbamates (subject to hydrolysis) is 1. The molecule has 0 unspecified atom stereocenters. The van der Waals surface area contributed by atoms with E-state index >= 15 is 0 Å². The van der Waals surface area contributed by atoms with E-state index in [2.05, 4.69) is 33.4 Å². The molecule has 1 aliphatic heterocycles. The number of nitrogens with zero attached hydrogens (tertiary/aromatic N) is 2. The van der Waals surface area contributed by atoms with Crippen LogP contribution in [0.25, 0.3) is 16.6 Å². The summed E-state index contributed by atoms with van der Waals surface area (Å²) in [5.41, 5.74) is 2.92. The van der Waals surface area contributed by atoms with Gasteiger partial charge in [0.05, 0.1) is 5.52 Å². The van der Waals surface area contributed by atoms with Crippen molar-refractivity contribution in [2.75, 3.05) is 6.54 Å². The van der Waals surface area contributed by atoms with Crippen LogP contribution in [0.2, 0.25) is 0 Å². The van der Waals surface area contributed by atoms with Gasteiger partial charge in [-0.1, -0.05) is 48.8 Å². The van der Waals surface area contributed by atoms with Gasteiger partial charge >= 0.3 is 6.09 Å². The van der Waals surface area contributed by atoms with Crippen LogP contribution in [0.15, 0.2) is 46.9 Å². The average Bonchev–Trinajstić information content (AvgIpc) is 3.49. The van der Waals surface area contributed by atoms with Crippen LogP contribution in [-0.2, 0) is 22.4 Å². The number of amides is 3. The predicted molar refractivity (Wildman–Crippen MR) is 155 cm³/mol. The van der Waals surface area contributed by atoms with E-state index in [0.29, 0.717) is 25.1 Å². The van der Waals surface area contributed by atoms with E-state index in [1.165, 1.54) is 4.90 Å². The second kappa shape index (κ2) is 9.51. The second-order valence-electron chi connectivity index (χ2n) is 12.8. The van der Waals surface area contributed by atoms with Gasteiger partial charge < -0.3 is 14.6 Å². The molecule has 3 aromatic rings. The molecule has 0 radical (unpaired) electrons. The van der Waals surface area contributed by atoms with Gasteiger partial charge in [-0.2, -0.15) is 0 Å². The van der Waals surface area contributed by atoms with Gasteiger partial charge in [-0.05, 0) is 87.9 Å². The van der Waals surface area contributed by atoms with Gasteiger partial charge in [-0.3, -0.25) is 14.5 Å². The summed E-state index contributed by atoms with van der Waals surface area (Å²) >= 11 is 3.58. The summed E-state index contributed by atoms with van der Waals surface area (Å²) in [6.45, 7) is 11.5. The smallest absolute Gasteiger partial charge is 0.408 e. The summed E-state index contributed by atoms with van der Waals surface area (Å²) in [5, 5.41) is 4.08. The van der Waals surface area contributed by atoms with Crippen molar-refractivity contribution in [2.24, 2.45) is 5.41 Å². The summed E-state index contributed by atoms with van der Waals surface area (Å²) < 4.78 is 8.39. The molecule has 5 rings (SSSR count). The first-order valence-corrected chi connectivity index (χ1v) is 14.3. The molecule has 7 nitrogen and oxygen atoms in total. The van der Waals surface area contributed by atoms with Crippen molar-refractivity contribution in [1.82, 2.24) is 14.8 Å². The number of benzene rings is 2. The quantitative estimate of drug-likeness (QED) is 0.371. The van der Waals surface area contributed by atoms with Crippen LogP contribution in [0.1, 0.15) is 76.0 Å². The van der Waals surface area contributed by atoms with Crippen LogP contribution in [0.3, 0.4) is 0 Å². The van der Waals surface area contributed by atoms with E-state index in [-0.39, 0.29) is 23.4 Å². The first-order valence-electron chi connectivity index (χ1n) is 13.5. The highest BCUT2D eigenvalue weighted by atomic mass is 79.9. The fourth-order valence-corrected chi connectivity index (χ4v) is 5.66. The number of imide groups is 1. The summed E-state index contributed by atoms with van der Waals surface area (Å²) in [4.78, 5) is 40.8. The van der Waals surface area contributed by atoms with Gasteiger partial charge in [0, 0.05) is 33.0 Å². The third kappa shape index (κ3) is 5.49. The van der Waals surface area contributed by atoms with Gasteiger partial charge in [-0.15, -0.1) is 0 Å².